The first kappa shape index (κ1) is 18.1. The van der Waals surface area contributed by atoms with E-state index in [0.717, 1.165) is 5.56 Å². The Bertz CT molecular complexity index is 1130. The van der Waals surface area contributed by atoms with Gasteiger partial charge in [0.05, 0.1) is 23.3 Å². The van der Waals surface area contributed by atoms with Gasteiger partial charge in [0.15, 0.2) is 22.8 Å². The van der Waals surface area contributed by atoms with Crippen molar-refractivity contribution in [2.45, 2.75) is 19.1 Å². The van der Waals surface area contributed by atoms with E-state index in [2.05, 4.69) is 0 Å². The highest BCUT2D eigenvalue weighted by molar-refractivity contribution is 5.92. The molecule has 0 bridgehead atoms. The fraction of sp³-hybridized carbons (Fsp3) is 0.250. The number of rotatable bonds is 2. The molecule has 1 fully saturated rings. The maximum atomic E-state index is 12.8. The number of anilines is 1. The molecule has 2 aromatic carbocycles. The SMILES string of the molecule is Cc1cc(N2C[C@@H](O)[C@H](O)C2)c2oc(-c3ccc(O)c(O)c3)c(O)c(=O)c2c1. The molecule has 0 spiro atoms. The lowest BCUT2D eigenvalue weighted by Gasteiger charge is -2.20. The number of β-amino-alcohol motifs (C(OH)–C–C–N with tert-alkyl or cyclic N) is 2. The maximum Gasteiger partial charge on any atom is 0.235 e. The zero-order valence-corrected chi connectivity index (χ0v) is 15.0. The summed E-state index contributed by atoms with van der Waals surface area (Å²) in [6, 6.07) is 7.15. The largest absolute Gasteiger partial charge is 0.504 e. The highest BCUT2D eigenvalue weighted by Gasteiger charge is 2.32. The fourth-order valence-corrected chi connectivity index (χ4v) is 3.47. The molecule has 3 aromatic rings. The molecular weight excluding hydrogens is 366 g/mol. The van der Waals surface area contributed by atoms with Crippen molar-refractivity contribution in [3.05, 3.63) is 46.1 Å². The first-order chi connectivity index (χ1) is 13.3. The summed E-state index contributed by atoms with van der Waals surface area (Å²) in [6.07, 6.45) is -1.85. The Morgan fingerprint density at radius 1 is 1.00 bits per heavy atom. The number of aryl methyl sites for hydroxylation is 1. The molecular formula is C20H19NO7. The van der Waals surface area contributed by atoms with Crippen molar-refractivity contribution in [2.24, 2.45) is 0 Å². The number of fused-ring (bicyclic) bond motifs is 1. The molecule has 1 aliphatic rings. The average Bonchev–Trinajstić information content (AvgIpc) is 2.99. The standard InChI is InChI=1S/C20H19NO7/c1-9-4-11-17(26)18(27)19(10-2-3-13(22)14(23)6-10)28-20(11)12(5-9)21-7-15(24)16(25)8-21/h2-6,15-16,22-25,27H,7-8H2,1H3/t15-,16-/m1/s1. The van der Waals surface area contributed by atoms with E-state index < -0.39 is 29.1 Å². The number of hydrogen-bond acceptors (Lipinski definition) is 8. The number of aromatic hydroxyl groups is 3. The van der Waals surface area contributed by atoms with Crippen molar-refractivity contribution in [1.82, 2.24) is 0 Å². The molecule has 146 valence electrons. The number of phenols is 2. The highest BCUT2D eigenvalue weighted by Crippen LogP contribution is 2.38. The Morgan fingerprint density at radius 2 is 1.68 bits per heavy atom. The summed E-state index contributed by atoms with van der Waals surface area (Å²) >= 11 is 0. The Balaban J connectivity index is 1.98. The third-order valence-corrected chi connectivity index (χ3v) is 4.93. The van der Waals surface area contributed by atoms with Gasteiger partial charge in [0.1, 0.15) is 0 Å². The molecule has 8 nitrogen and oxygen atoms in total. The van der Waals surface area contributed by atoms with Crippen LogP contribution in [0.3, 0.4) is 0 Å². The predicted octanol–water partition coefficient (Wildman–Crippen LogP) is 1.43. The normalized spacial score (nSPS) is 19.5. The van der Waals surface area contributed by atoms with Gasteiger partial charge in [0.25, 0.3) is 0 Å². The summed E-state index contributed by atoms with van der Waals surface area (Å²) in [7, 11) is 0. The van der Waals surface area contributed by atoms with Crippen LogP contribution in [0, 0.1) is 6.92 Å². The Labute approximate surface area is 159 Å². The molecule has 2 heterocycles. The van der Waals surface area contributed by atoms with Gasteiger partial charge >= 0.3 is 0 Å². The Morgan fingerprint density at radius 3 is 2.32 bits per heavy atom. The van der Waals surface area contributed by atoms with Crippen molar-refractivity contribution < 1.29 is 29.9 Å². The highest BCUT2D eigenvalue weighted by atomic mass is 16.4. The van der Waals surface area contributed by atoms with E-state index in [4.69, 9.17) is 4.42 Å². The van der Waals surface area contributed by atoms with Gasteiger partial charge in [0.2, 0.25) is 11.2 Å². The van der Waals surface area contributed by atoms with E-state index >= 15 is 0 Å². The lowest BCUT2D eigenvalue weighted by atomic mass is 10.1. The predicted molar refractivity (Wildman–Crippen MR) is 102 cm³/mol. The summed E-state index contributed by atoms with van der Waals surface area (Å²) in [6.45, 7) is 2.12. The van der Waals surface area contributed by atoms with Gasteiger partial charge in [-0.1, -0.05) is 0 Å². The van der Waals surface area contributed by atoms with Gasteiger partial charge in [-0.25, -0.2) is 0 Å². The molecule has 2 atom stereocenters. The zero-order chi connectivity index (χ0) is 20.2. The van der Waals surface area contributed by atoms with Gasteiger partial charge in [-0.3, -0.25) is 4.79 Å². The van der Waals surface area contributed by atoms with Crippen molar-refractivity contribution in [2.75, 3.05) is 18.0 Å². The molecule has 1 aliphatic heterocycles. The van der Waals surface area contributed by atoms with Crippen LogP contribution in [-0.2, 0) is 0 Å². The minimum absolute atomic E-state index is 0.154. The van der Waals surface area contributed by atoms with Crippen molar-refractivity contribution in [3.63, 3.8) is 0 Å². The molecule has 5 N–H and O–H groups in total. The molecule has 4 rings (SSSR count). The van der Waals surface area contributed by atoms with Gasteiger partial charge in [-0.05, 0) is 42.8 Å². The first-order valence-corrected chi connectivity index (χ1v) is 8.70. The van der Waals surface area contributed by atoms with E-state index in [9.17, 15) is 30.3 Å². The number of phenolic OH excluding ortho intramolecular Hbond substituents is 2. The van der Waals surface area contributed by atoms with Crippen LogP contribution in [0.25, 0.3) is 22.3 Å². The molecule has 1 saturated heterocycles. The second-order valence-corrected chi connectivity index (χ2v) is 7.01. The number of aliphatic hydroxyl groups is 2. The van der Waals surface area contributed by atoms with Gasteiger partial charge in [0, 0.05) is 18.7 Å². The summed E-state index contributed by atoms with van der Waals surface area (Å²) in [5, 5.41) is 49.6. The third-order valence-electron chi connectivity index (χ3n) is 4.93. The number of aliphatic hydroxyl groups excluding tert-OH is 2. The van der Waals surface area contributed by atoms with Crippen LogP contribution in [0.4, 0.5) is 5.69 Å². The van der Waals surface area contributed by atoms with Gasteiger partial charge in [-0.2, -0.15) is 0 Å². The number of hydrogen-bond donors (Lipinski definition) is 5. The Hall–Kier alpha value is -3.23. The topological polar surface area (TPSA) is 135 Å². The quantitative estimate of drug-likeness (QED) is 0.418. The van der Waals surface area contributed by atoms with Gasteiger partial charge in [-0.15, -0.1) is 0 Å². The number of nitrogens with zero attached hydrogens (tertiary/aromatic N) is 1. The fourth-order valence-electron chi connectivity index (χ4n) is 3.47. The average molecular weight is 385 g/mol. The summed E-state index contributed by atoms with van der Waals surface area (Å²) in [5.41, 5.74) is 1.01. The third kappa shape index (κ3) is 2.83. The van der Waals surface area contributed by atoms with Gasteiger partial charge < -0.3 is 34.8 Å². The van der Waals surface area contributed by atoms with E-state index in [1.165, 1.54) is 18.2 Å². The first-order valence-electron chi connectivity index (χ1n) is 8.70. The molecule has 8 heteroatoms. The molecule has 28 heavy (non-hydrogen) atoms. The minimum atomic E-state index is -0.923. The summed E-state index contributed by atoms with van der Waals surface area (Å²) < 4.78 is 5.88. The monoisotopic (exact) mass is 385 g/mol. The summed E-state index contributed by atoms with van der Waals surface area (Å²) in [5.74, 6) is -1.54. The van der Waals surface area contributed by atoms with E-state index in [1.54, 1.807) is 24.0 Å². The minimum Gasteiger partial charge on any atom is -0.504 e. The Kier molecular flexibility index (Phi) is 4.17. The van der Waals surface area contributed by atoms with Crippen LogP contribution in [-0.4, -0.2) is 50.8 Å². The van der Waals surface area contributed by atoms with E-state index in [-0.39, 0.29) is 41.1 Å². The van der Waals surface area contributed by atoms with Crippen molar-refractivity contribution in [1.29, 1.82) is 0 Å². The molecule has 0 saturated carbocycles. The molecule has 0 aliphatic carbocycles. The lowest BCUT2D eigenvalue weighted by Crippen LogP contribution is -2.22. The van der Waals surface area contributed by atoms with Crippen LogP contribution in [0.1, 0.15) is 5.56 Å². The molecule has 0 amide bonds. The van der Waals surface area contributed by atoms with Crippen LogP contribution in [0.5, 0.6) is 17.2 Å². The number of benzene rings is 2. The smallest absolute Gasteiger partial charge is 0.235 e. The van der Waals surface area contributed by atoms with Crippen LogP contribution in [0.2, 0.25) is 0 Å². The van der Waals surface area contributed by atoms with E-state index in [0.29, 0.717) is 5.69 Å². The lowest BCUT2D eigenvalue weighted by molar-refractivity contribution is 0.0572. The van der Waals surface area contributed by atoms with Crippen molar-refractivity contribution in [3.8, 4) is 28.6 Å². The maximum absolute atomic E-state index is 12.8. The molecule has 0 unspecified atom stereocenters. The second-order valence-electron chi connectivity index (χ2n) is 7.01. The van der Waals surface area contributed by atoms with Crippen molar-refractivity contribution >= 4 is 16.7 Å². The molecule has 0 radical (unpaired) electrons. The summed E-state index contributed by atoms with van der Waals surface area (Å²) in [4.78, 5) is 14.5. The van der Waals surface area contributed by atoms with Crippen LogP contribution >= 0.6 is 0 Å². The van der Waals surface area contributed by atoms with Crippen LogP contribution in [0.15, 0.2) is 39.5 Å². The van der Waals surface area contributed by atoms with E-state index in [1.807, 2.05) is 0 Å². The zero-order valence-electron chi connectivity index (χ0n) is 15.0. The second kappa shape index (κ2) is 6.43. The van der Waals surface area contributed by atoms with Crippen LogP contribution < -0.4 is 10.3 Å². The molecule has 1 aromatic heterocycles.